The molecule has 88 valence electrons. The van der Waals surface area contributed by atoms with E-state index in [-0.39, 0.29) is 5.91 Å². The van der Waals surface area contributed by atoms with Gasteiger partial charge in [-0.1, -0.05) is 26.0 Å². The van der Waals surface area contributed by atoms with E-state index in [0.29, 0.717) is 5.92 Å². The molecule has 0 spiro atoms. The van der Waals surface area contributed by atoms with Crippen molar-refractivity contribution in [2.45, 2.75) is 34.1 Å². The second-order valence-electron chi connectivity index (χ2n) is 4.69. The van der Waals surface area contributed by atoms with Crippen molar-refractivity contribution in [1.29, 1.82) is 0 Å². The average Bonchev–Trinajstić information content (AvgIpc) is 2.21. The fourth-order valence-electron chi connectivity index (χ4n) is 1.57. The first-order valence-electron chi connectivity index (χ1n) is 5.86. The number of carbonyl (C=O) groups is 1. The zero-order valence-corrected chi connectivity index (χ0v) is 10.6. The van der Waals surface area contributed by atoms with Crippen LogP contribution in [0.4, 0.5) is 0 Å². The Balaban J connectivity index is 2.63. The summed E-state index contributed by atoms with van der Waals surface area (Å²) in [4.78, 5) is 11.9. The summed E-state index contributed by atoms with van der Waals surface area (Å²) in [5, 5.41) is 2.96. The first kappa shape index (κ1) is 12.8. The van der Waals surface area contributed by atoms with Crippen molar-refractivity contribution < 1.29 is 4.79 Å². The van der Waals surface area contributed by atoms with E-state index in [1.54, 1.807) is 0 Å². The van der Waals surface area contributed by atoms with Crippen LogP contribution in [-0.4, -0.2) is 12.5 Å². The third-order valence-electron chi connectivity index (χ3n) is 2.86. The van der Waals surface area contributed by atoms with E-state index in [4.69, 9.17) is 0 Å². The van der Waals surface area contributed by atoms with Crippen LogP contribution in [0.1, 0.15) is 41.8 Å². The normalized spacial score (nSPS) is 10.6. The van der Waals surface area contributed by atoms with Gasteiger partial charge in [0.15, 0.2) is 0 Å². The zero-order valence-electron chi connectivity index (χ0n) is 10.6. The van der Waals surface area contributed by atoms with Crippen molar-refractivity contribution in [2.75, 3.05) is 6.54 Å². The molecular formula is C14H21NO. The van der Waals surface area contributed by atoms with Crippen LogP contribution in [0.3, 0.4) is 0 Å². The van der Waals surface area contributed by atoms with E-state index in [0.717, 1.165) is 29.7 Å². The minimum atomic E-state index is 0.0434. The van der Waals surface area contributed by atoms with Crippen LogP contribution < -0.4 is 5.32 Å². The van der Waals surface area contributed by atoms with E-state index in [1.165, 1.54) is 0 Å². The van der Waals surface area contributed by atoms with Gasteiger partial charge in [-0.15, -0.1) is 0 Å². The zero-order chi connectivity index (χ0) is 12.1. The van der Waals surface area contributed by atoms with Crippen LogP contribution in [0.25, 0.3) is 0 Å². The van der Waals surface area contributed by atoms with Gasteiger partial charge < -0.3 is 5.32 Å². The molecule has 1 aromatic carbocycles. The summed E-state index contributed by atoms with van der Waals surface area (Å²) in [6, 6.07) is 5.84. The van der Waals surface area contributed by atoms with Gasteiger partial charge in [-0.25, -0.2) is 0 Å². The monoisotopic (exact) mass is 219 g/mol. The molecule has 1 aromatic rings. The average molecular weight is 219 g/mol. The van der Waals surface area contributed by atoms with E-state index >= 15 is 0 Å². The number of hydrogen-bond acceptors (Lipinski definition) is 1. The third-order valence-corrected chi connectivity index (χ3v) is 2.86. The van der Waals surface area contributed by atoms with E-state index < -0.39 is 0 Å². The van der Waals surface area contributed by atoms with Gasteiger partial charge in [0.1, 0.15) is 0 Å². The Hall–Kier alpha value is -1.31. The molecule has 0 saturated carbocycles. The van der Waals surface area contributed by atoms with E-state index in [1.807, 2.05) is 32.0 Å². The van der Waals surface area contributed by atoms with Crippen LogP contribution >= 0.6 is 0 Å². The molecule has 2 heteroatoms. The van der Waals surface area contributed by atoms with Gasteiger partial charge in [-0.3, -0.25) is 4.79 Å². The number of hydrogen-bond donors (Lipinski definition) is 1. The number of benzene rings is 1. The van der Waals surface area contributed by atoms with Crippen LogP contribution in [0.5, 0.6) is 0 Å². The largest absolute Gasteiger partial charge is 0.352 e. The summed E-state index contributed by atoms with van der Waals surface area (Å²) >= 11 is 0. The Morgan fingerprint density at radius 2 is 2.00 bits per heavy atom. The molecule has 0 heterocycles. The second kappa shape index (κ2) is 5.69. The standard InChI is InChI=1S/C14H21NO/c1-10(2)8-9-15-14(16)13-7-5-6-11(3)12(13)4/h5-7,10H,8-9H2,1-4H3,(H,15,16). The van der Waals surface area contributed by atoms with Gasteiger partial charge in [0.05, 0.1) is 0 Å². The molecule has 0 aliphatic heterocycles. The van der Waals surface area contributed by atoms with Gasteiger partial charge in [0.2, 0.25) is 0 Å². The number of nitrogens with one attached hydrogen (secondary N) is 1. The highest BCUT2D eigenvalue weighted by molar-refractivity contribution is 5.95. The molecule has 0 atom stereocenters. The third kappa shape index (κ3) is 3.37. The predicted octanol–water partition coefficient (Wildman–Crippen LogP) is 3.08. The van der Waals surface area contributed by atoms with E-state index in [9.17, 15) is 4.79 Å². The van der Waals surface area contributed by atoms with Crippen molar-refractivity contribution in [1.82, 2.24) is 5.32 Å². The molecule has 0 fully saturated rings. The van der Waals surface area contributed by atoms with Crippen LogP contribution in [0.15, 0.2) is 18.2 Å². The number of rotatable bonds is 4. The highest BCUT2D eigenvalue weighted by Crippen LogP contribution is 2.12. The summed E-state index contributed by atoms with van der Waals surface area (Å²) in [5.74, 6) is 0.667. The minimum Gasteiger partial charge on any atom is -0.352 e. The van der Waals surface area contributed by atoms with E-state index in [2.05, 4.69) is 19.2 Å². The Morgan fingerprint density at radius 1 is 1.31 bits per heavy atom. The lowest BCUT2D eigenvalue weighted by Gasteiger charge is -2.10. The summed E-state index contributed by atoms with van der Waals surface area (Å²) < 4.78 is 0. The molecule has 0 aliphatic rings. The smallest absolute Gasteiger partial charge is 0.251 e. The van der Waals surface area contributed by atoms with Crippen LogP contribution in [-0.2, 0) is 0 Å². The molecule has 1 rings (SSSR count). The highest BCUT2D eigenvalue weighted by Gasteiger charge is 2.09. The van der Waals surface area contributed by atoms with Crippen LogP contribution in [0, 0.1) is 19.8 Å². The Morgan fingerprint density at radius 3 is 2.62 bits per heavy atom. The fraction of sp³-hybridized carbons (Fsp3) is 0.500. The summed E-state index contributed by atoms with van der Waals surface area (Å²) in [7, 11) is 0. The molecule has 0 aliphatic carbocycles. The Kier molecular flexibility index (Phi) is 4.53. The topological polar surface area (TPSA) is 29.1 Å². The SMILES string of the molecule is Cc1cccc(C(=O)NCCC(C)C)c1C. The van der Waals surface area contributed by atoms with Gasteiger partial charge in [-0.05, 0) is 43.4 Å². The molecule has 2 nitrogen and oxygen atoms in total. The molecule has 0 bridgehead atoms. The quantitative estimate of drug-likeness (QED) is 0.828. The Labute approximate surface area is 98.1 Å². The number of carbonyl (C=O) groups excluding carboxylic acids is 1. The van der Waals surface area contributed by atoms with Crippen molar-refractivity contribution in [2.24, 2.45) is 5.92 Å². The maximum Gasteiger partial charge on any atom is 0.251 e. The van der Waals surface area contributed by atoms with Crippen molar-refractivity contribution in [3.8, 4) is 0 Å². The fourth-order valence-corrected chi connectivity index (χ4v) is 1.57. The summed E-state index contributed by atoms with van der Waals surface area (Å²) in [6.07, 6.45) is 1.02. The Bertz CT molecular complexity index is 369. The second-order valence-corrected chi connectivity index (χ2v) is 4.69. The molecular weight excluding hydrogens is 198 g/mol. The summed E-state index contributed by atoms with van der Waals surface area (Å²) in [6.45, 7) is 9.09. The van der Waals surface area contributed by atoms with Gasteiger partial charge in [0.25, 0.3) is 5.91 Å². The van der Waals surface area contributed by atoms with Gasteiger partial charge >= 0.3 is 0 Å². The summed E-state index contributed by atoms with van der Waals surface area (Å²) in [5.41, 5.74) is 3.03. The van der Waals surface area contributed by atoms with Crippen molar-refractivity contribution >= 4 is 5.91 Å². The first-order valence-corrected chi connectivity index (χ1v) is 5.86. The molecule has 0 saturated heterocycles. The molecule has 0 unspecified atom stereocenters. The van der Waals surface area contributed by atoms with Gasteiger partial charge in [-0.2, -0.15) is 0 Å². The predicted molar refractivity (Wildman–Crippen MR) is 67.7 cm³/mol. The molecule has 0 aromatic heterocycles. The molecule has 1 N–H and O–H groups in total. The van der Waals surface area contributed by atoms with Crippen molar-refractivity contribution in [3.05, 3.63) is 34.9 Å². The maximum atomic E-state index is 11.9. The first-order chi connectivity index (χ1) is 7.52. The molecule has 16 heavy (non-hydrogen) atoms. The lowest BCUT2D eigenvalue weighted by Crippen LogP contribution is -2.26. The number of amides is 1. The van der Waals surface area contributed by atoms with Gasteiger partial charge in [0, 0.05) is 12.1 Å². The minimum absolute atomic E-state index is 0.0434. The lowest BCUT2D eigenvalue weighted by atomic mass is 10.0. The molecule has 0 radical (unpaired) electrons. The maximum absolute atomic E-state index is 11.9. The lowest BCUT2D eigenvalue weighted by molar-refractivity contribution is 0.0951. The molecule has 1 amide bonds. The van der Waals surface area contributed by atoms with Crippen LogP contribution in [0.2, 0.25) is 0 Å². The number of aryl methyl sites for hydroxylation is 1. The van der Waals surface area contributed by atoms with Crippen molar-refractivity contribution in [3.63, 3.8) is 0 Å². The highest BCUT2D eigenvalue weighted by atomic mass is 16.1.